The fourth-order valence-corrected chi connectivity index (χ4v) is 2.44. The van der Waals surface area contributed by atoms with Crippen LogP contribution in [-0.2, 0) is 7.05 Å². The van der Waals surface area contributed by atoms with Crippen molar-refractivity contribution in [2.24, 2.45) is 7.05 Å². The fourth-order valence-electron chi connectivity index (χ4n) is 1.50. The highest BCUT2D eigenvalue weighted by atomic mass is 32.2. The van der Waals surface area contributed by atoms with E-state index in [1.807, 2.05) is 19.2 Å². The zero-order valence-corrected chi connectivity index (χ0v) is 9.84. The zero-order chi connectivity index (χ0) is 10.7. The fraction of sp³-hybridized carbons (Fsp3) is 0.364. The van der Waals surface area contributed by atoms with Gasteiger partial charge in [-0.15, -0.1) is 0 Å². The maximum absolute atomic E-state index is 4.58. The number of imidazole rings is 1. The molecule has 1 heterocycles. The number of aryl methyl sites for hydroxylation is 1. The first-order chi connectivity index (χ1) is 7.33. The second-order valence-electron chi connectivity index (χ2n) is 3.39. The van der Waals surface area contributed by atoms with Gasteiger partial charge in [-0.25, -0.2) is 4.98 Å². The van der Waals surface area contributed by atoms with Crippen molar-refractivity contribution in [1.82, 2.24) is 14.9 Å². The monoisotopic (exact) mass is 221 g/mol. The Morgan fingerprint density at radius 3 is 2.93 bits per heavy atom. The van der Waals surface area contributed by atoms with Crippen LogP contribution in [0.5, 0.6) is 0 Å². The van der Waals surface area contributed by atoms with Gasteiger partial charge in [0.2, 0.25) is 0 Å². The quantitative estimate of drug-likeness (QED) is 0.631. The molecule has 4 heteroatoms. The SMILES string of the molecule is CNCCSc1nc2ccccc2n1C. The Labute approximate surface area is 93.9 Å². The summed E-state index contributed by atoms with van der Waals surface area (Å²) in [4.78, 5) is 4.58. The molecule has 15 heavy (non-hydrogen) atoms. The molecular formula is C11H15N3S. The number of aromatic nitrogens is 2. The van der Waals surface area contributed by atoms with Crippen molar-refractivity contribution in [1.29, 1.82) is 0 Å². The standard InChI is InChI=1S/C11H15N3S/c1-12-7-8-15-11-13-9-5-3-4-6-10(9)14(11)2/h3-6,12H,7-8H2,1-2H3. The van der Waals surface area contributed by atoms with Crippen LogP contribution in [0.15, 0.2) is 29.4 Å². The molecule has 2 rings (SSSR count). The third-order valence-electron chi connectivity index (χ3n) is 2.33. The van der Waals surface area contributed by atoms with Gasteiger partial charge < -0.3 is 9.88 Å². The zero-order valence-electron chi connectivity index (χ0n) is 9.03. The molecule has 0 aliphatic rings. The van der Waals surface area contributed by atoms with Gasteiger partial charge in [0.25, 0.3) is 0 Å². The van der Waals surface area contributed by atoms with Gasteiger partial charge >= 0.3 is 0 Å². The van der Waals surface area contributed by atoms with E-state index >= 15 is 0 Å². The molecule has 0 unspecified atom stereocenters. The number of hydrogen-bond donors (Lipinski definition) is 1. The maximum atomic E-state index is 4.58. The lowest BCUT2D eigenvalue weighted by molar-refractivity contribution is 0.809. The normalized spacial score (nSPS) is 11.1. The topological polar surface area (TPSA) is 29.9 Å². The van der Waals surface area contributed by atoms with E-state index in [2.05, 4.69) is 34.0 Å². The second-order valence-corrected chi connectivity index (χ2v) is 4.46. The molecule has 2 aromatic rings. The minimum Gasteiger partial charge on any atom is -0.322 e. The molecule has 0 bridgehead atoms. The predicted octanol–water partition coefficient (Wildman–Crippen LogP) is 1.88. The summed E-state index contributed by atoms with van der Waals surface area (Å²) in [5, 5.41) is 4.22. The summed E-state index contributed by atoms with van der Waals surface area (Å²) in [6.45, 7) is 1.01. The van der Waals surface area contributed by atoms with Crippen LogP contribution in [0.1, 0.15) is 0 Å². The van der Waals surface area contributed by atoms with Gasteiger partial charge in [0, 0.05) is 19.3 Å². The Morgan fingerprint density at radius 2 is 2.20 bits per heavy atom. The average Bonchev–Trinajstić information content (AvgIpc) is 2.57. The van der Waals surface area contributed by atoms with Crippen molar-refractivity contribution in [2.45, 2.75) is 5.16 Å². The molecule has 0 aliphatic carbocycles. The molecule has 1 aromatic heterocycles. The second kappa shape index (κ2) is 4.68. The molecular weight excluding hydrogens is 206 g/mol. The summed E-state index contributed by atoms with van der Waals surface area (Å²) in [6.07, 6.45) is 0. The van der Waals surface area contributed by atoms with Crippen LogP contribution >= 0.6 is 11.8 Å². The summed E-state index contributed by atoms with van der Waals surface area (Å²) in [5.41, 5.74) is 2.27. The van der Waals surface area contributed by atoms with Gasteiger partial charge in [0.05, 0.1) is 11.0 Å². The molecule has 1 aromatic carbocycles. The van der Waals surface area contributed by atoms with E-state index in [0.29, 0.717) is 0 Å². The lowest BCUT2D eigenvalue weighted by atomic mass is 10.3. The Kier molecular flexibility index (Phi) is 3.28. The van der Waals surface area contributed by atoms with E-state index in [1.165, 1.54) is 5.52 Å². The van der Waals surface area contributed by atoms with E-state index in [9.17, 15) is 0 Å². The molecule has 0 amide bonds. The number of thioether (sulfide) groups is 1. The smallest absolute Gasteiger partial charge is 0.168 e. The molecule has 3 nitrogen and oxygen atoms in total. The summed E-state index contributed by atoms with van der Waals surface area (Å²) >= 11 is 1.79. The number of para-hydroxylation sites is 2. The Morgan fingerprint density at radius 1 is 1.40 bits per heavy atom. The first-order valence-electron chi connectivity index (χ1n) is 5.02. The predicted molar refractivity (Wildman–Crippen MR) is 65.4 cm³/mol. The number of benzene rings is 1. The summed E-state index contributed by atoms with van der Waals surface area (Å²) in [6, 6.07) is 8.23. The van der Waals surface area contributed by atoms with Gasteiger partial charge in [-0.3, -0.25) is 0 Å². The van der Waals surface area contributed by atoms with Crippen LogP contribution in [0.4, 0.5) is 0 Å². The number of fused-ring (bicyclic) bond motifs is 1. The third kappa shape index (κ3) is 2.16. The number of hydrogen-bond acceptors (Lipinski definition) is 3. The van der Waals surface area contributed by atoms with Gasteiger partial charge in [-0.05, 0) is 19.2 Å². The molecule has 0 fully saturated rings. The summed E-state index contributed by atoms with van der Waals surface area (Å²) in [7, 11) is 4.03. The van der Waals surface area contributed by atoms with Crippen LogP contribution in [-0.4, -0.2) is 28.9 Å². The Hall–Kier alpha value is -1.00. The maximum Gasteiger partial charge on any atom is 0.168 e. The van der Waals surface area contributed by atoms with Crippen molar-refractivity contribution in [3.05, 3.63) is 24.3 Å². The highest BCUT2D eigenvalue weighted by Gasteiger charge is 2.06. The molecule has 0 spiro atoms. The molecule has 0 aliphatic heterocycles. The van der Waals surface area contributed by atoms with E-state index in [-0.39, 0.29) is 0 Å². The van der Waals surface area contributed by atoms with Crippen LogP contribution in [0.3, 0.4) is 0 Å². The van der Waals surface area contributed by atoms with Gasteiger partial charge in [0.1, 0.15) is 0 Å². The van der Waals surface area contributed by atoms with Crippen molar-refractivity contribution < 1.29 is 0 Å². The molecule has 0 saturated heterocycles. The minimum absolute atomic E-state index is 1.01. The number of nitrogens with zero attached hydrogens (tertiary/aromatic N) is 2. The van der Waals surface area contributed by atoms with Crippen LogP contribution in [0, 0.1) is 0 Å². The van der Waals surface area contributed by atoms with Gasteiger partial charge in [0.15, 0.2) is 5.16 Å². The van der Waals surface area contributed by atoms with Crippen LogP contribution in [0.25, 0.3) is 11.0 Å². The number of nitrogens with one attached hydrogen (secondary N) is 1. The molecule has 0 radical (unpaired) electrons. The van der Waals surface area contributed by atoms with E-state index in [1.54, 1.807) is 11.8 Å². The summed E-state index contributed by atoms with van der Waals surface area (Å²) in [5.74, 6) is 1.05. The van der Waals surface area contributed by atoms with Gasteiger partial charge in [-0.2, -0.15) is 0 Å². The summed E-state index contributed by atoms with van der Waals surface area (Å²) < 4.78 is 2.15. The van der Waals surface area contributed by atoms with E-state index in [0.717, 1.165) is 23.0 Å². The van der Waals surface area contributed by atoms with Crippen molar-refractivity contribution in [2.75, 3.05) is 19.3 Å². The number of rotatable bonds is 4. The average molecular weight is 221 g/mol. The Balaban J connectivity index is 2.24. The third-order valence-corrected chi connectivity index (χ3v) is 3.36. The Bertz CT molecular complexity index is 450. The van der Waals surface area contributed by atoms with Crippen molar-refractivity contribution in [3.63, 3.8) is 0 Å². The van der Waals surface area contributed by atoms with Crippen molar-refractivity contribution in [3.8, 4) is 0 Å². The van der Waals surface area contributed by atoms with Gasteiger partial charge in [-0.1, -0.05) is 23.9 Å². The van der Waals surface area contributed by atoms with E-state index in [4.69, 9.17) is 0 Å². The minimum atomic E-state index is 1.01. The highest BCUT2D eigenvalue weighted by molar-refractivity contribution is 7.99. The van der Waals surface area contributed by atoms with Crippen LogP contribution < -0.4 is 5.32 Å². The van der Waals surface area contributed by atoms with Crippen molar-refractivity contribution >= 4 is 22.8 Å². The first-order valence-corrected chi connectivity index (χ1v) is 6.00. The molecule has 0 saturated carbocycles. The highest BCUT2D eigenvalue weighted by Crippen LogP contribution is 2.21. The lowest BCUT2D eigenvalue weighted by Crippen LogP contribution is -2.10. The first kappa shape index (κ1) is 10.5. The van der Waals surface area contributed by atoms with Crippen LogP contribution in [0.2, 0.25) is 0 Å². The largest absolute Gasteiger partial charge is 0.322 e. The lowest BCUT2D eigenvalue weighted by Gasteiger charge is -2.01. The molecule has 1 N–H and O–H groups in total. The molecule has 80 valence electrons. The molecule has 0 atom stereocenters. The van der Waals surface area contributed by atoms with E-state index < -0.39 is 0 Å².